The first-order valence-corrected chi connectivity index (χ1v) is 2.92. The third kappa shape index (κ3) is 0.906. The largest absolute Gasteiger partial charge is 0.348 e. The molecule has 1 atom stereocenters. The monoisotopic (exact) mass is 140 g/mol. The molecule has 0 saturated heterocycles. The SMILES string of the molecule is C=CC[N+]1(C)N=NN=C1N. The minimum absolute atomic E-state index is 0.198. The van der Waals surface area contributed by atoms with Crippen molar-refractivity contribution in [3.05, 3.63) is 12.7 Å². The summed E-state index contributed by atoms with van der Waals surface area (Å²) < 4.78 is 0.198. The average Bonchev–Trinajstić information content (AvgIpc) is 2.15. The van der Waals surface area contributed by atoms with Crippen LogP contribution < -0.4 is 5.73 Å². The standard InChI is InChI=1S/C5H10N5/c1-3-4-10(2)5(6)7-8-9-10/h3H,1,4H2,2H3,(H2,6,7,9)/q+1. The van der Waals surface area contributed by atoms with Gasteiger partial charge in [-0.2, -0.15) is 0 Å². The van der Waals surface area contributed by atoms with Gasteiger partial charge in [0.2, 0.25) is 0 Å². The summed E-state index contributed by atoms with van der Waals surface area (Å²) in [6, 6.07) is 0. The highest BCUT2D eigenvalue weighted by atomic mass is 15.8. The van der Waals surface area contributed by atoms with Crippen LogP contribution in [0.2, 0.25) is 0 Å². The lowest BCUT2D eigenvalue weighted by Crippen LogP contribution is -2.46. The second kappa shape index (κ2) is 2.18. The predicted octanol–water partition coefficient (Wildman–Crippen LogP) is 0.230. The van der Waals surface area contributed by atoms with Crippen LogP contribution in [0.1, 0.15) is 0 Å². The average molecular weight is 140 g/mol. The maximum atomic E-state index is 5.49. The number of nitrogens with zero attached hydrogens (tertiary/aromatic N) is 4. The van der Waals surface area contributed by atoms with E-state index in [1.807, 2.05) is 7.05 Å². The van der Waals surface area contributed by atoms with Gasteiger partial charge in [0, 0.05) is 5.22 Å². The molecule has 5 heteroatoms. The van der Waals surface area contributed by atoms with Crippen LogP contribution in [0, 0.1) is 0 Å². The van der Waals surface area contributed by atoms with E-state index in [4.69, 9.17) is 5.73 Å². The van der Waals surface area contributed by atoms with E-state index in [2.05, 4.69) is 22.1 Å². The van der Waals surface area contributed by atoms with Gasteiger partial charge in [-0.3, -0.25) is 0 Å². The first-order valence-electron chi connectivity index (χ1n) is 2.92. The van der Waals surface area contributed by atoms with Crippen molar-refractivity contribution in [3.63, 3.8) is 0 Å². The molecule has 2 N–H and O–H groups in total. The minimum atomic E-state index is 0.198. The van der Waals surface area contributed by atoms with E-state index in [1.165, 1.54) is 0 Å². The lowest BCUT2D eigenvalue weighted by Gasteiger charge is -2.16. The number of hydrogen-bond donors (Lipinski definition) is 1. The molecular weight excluding hydrogens is 130 g/mol. The quantitative estimate of drug-likeness (QED) is 0.433. The highest BCUT2D eigenvalue weighted by Gasteiger charge is 2.30. The zero-order chi connectivity index (χ0) is 7.61. The number of hydrogen-bond acceptors (Lipinski definition) is 4. The Bertz CT molecular complexity index is 206. The molecule has 54 valence electrons. The van der Waals surface area contributed by atoms with E-state index in [1.54, 1.807) is 6.08 Å². The lowest BCUT2D eigenvalue weighted by molar-refractivity contribution is -0.823. The first-order chi connectivity index (χ1) is 4.69. The van der Waals surface area contributed by atoms with Crippen molar-refractivity contribution < 1.29 is 4.59 Å². The maximum Gasteiger partial charge on any atom is 0.348 e. The van der Waals surface area contributed by atoms with Crippen LogP contribution in [0.25, 0.3) is 0 Å². The fraction of sp³-hybridized carbons (Fsp3) is 0.400. The molecule has 0 fully saturated rings. The molecule has 0 spiro atoms. The van der Waals surface area contributed by atoms with Crippen molar-refractivity contribution in [2.75, 3.05) is 13.6 Å². The Morgan fingerprint density at radius 2 is 2.50 bits per heavy atom. The fourth-order valence-electron chi connectivity index (χ4n) is 0.678. The summed E-state index contributed by atoms with van der Waals surface area (Å²) in [6.45, 7) is 4.20. The van der Waals surface area contributed by atoms with Crippen LogP contribution in [0.5, 0.6) is 0 Å². The van der Waals surface area contributed by atoms with E-state index in [9.17, 15) is 0 Å². The minimum Gasteiger partial charge on any atom is -0.334 e. The molecule has 5 nitrogen and oxygen atoms in total. The Morgan fingerprint density at radius 1 is 1.80 bits per heavy atom. The molecule has 0 saturated carbocycles. The molecule has 0 aromatic carbocycles. The van der Waals surface area contributed by atoms with Crippen LogP contribution in [-0.4, -0.2) is 24.1 Å². The molecule has 1 unspecified atom stereocenters. The van der Waals surface area contributed by atoms with Crippen molar-refractivity contribution in [2.24, 2.45) is 21.3 Å². The molecule has 0 bridgehead atoms. The molecule has 1 rings (SSSR count). The van der Waals surface area contributed by atoms with Gasteiger partial charge in [-0.15, -0.1) is 4.59 Å². The van der Waals surface area contributed by atoms with E-state index >= 15 is 0 Å². The fourth-order valence-corrected chi connectivity index (χ4v) is 0.678. The summed E-state index contributed by atoms with van der Waals surface area (Å²) in [5.41, 5.74) is 5.49. The molecule has 1 aliphatic heterocycles. The summed E-state index contributed by atoms with van der Waals surface area (Å²) in [5.74, 6) is 0.403. The number of quaternary nitrogens is 1. The molecule has 1 heterocycles. The Kier molecular flexibility index (Phi) is 1.50. The van der Waals surface area contributed by atoms with Gasteiger partial charge in [-0.1, -0.05) is 6.58 Å². The van der Waals surface area contributed by atoms with Crippen LogP contribution in [-0.2, 0) is 0 Å². The maximum absolute atomic E-state index is 5.49. The van der Waals surface area contributed by atoms with E-state index in [-0.39, 0.29) is 4.59 Å². The number of guanidine groups is 1. The van der Waals surface area contributed by atoms with Crippen molar-refractivity contribution >= 4 is 5.96 Å². The molecule has 0 aromatic heterocycles. The van der Waals surface area contributed by atoms with Crippen LogP contribution in [0.3, 0.4) is 0 Å². The van der Waals surface area contributed by atoms with Gasteiger partial charge in [0.1, 0.15) is 13.6 Å². The van der Waals surface area contributed by atoms with Crippen LogP contribution in [0.4, 0.5) is 0 Å². The van der Waals surface area contributed by atoms with Crippen molar-refractivity contribution in [3.8, 4) is 0 Å². The highest BCUT2D eigenvalue weighted by Crippen LogP contribution is 2.10. The van der Waals surface area contributed by atoms with Gasteiger partial charge >= 0.3 is 5.96 Å². The van der Waals surface area contributed by atoms with Crippen molar-refractivity contribution in [1.29, 1.82) is 0 Å². The Morgan fingerprint density at radius 3 is 2.90 bits per heavy atom. The van der Waals surface area contributed by atoms with Crippen molar-refractivity contribution in [1.82, 2.24) is 0 Å². The Balaban J connectivity index is 2.77. The third-order valence-electron chi connectivity index (χ3n) is 1.36. The van der Waals surface area contributed by atoms with Gasteiger partial charge in [-0.25, -0.2) is 0 Å². The third-order valence-corrected chi connectivity index (χ3v) is 1.36. The van der Waals surface area contributed by atoms with E-state index in [0.29, 0.717) is 12.5 Å². The summed E-state index contributed by atoms with van der Waals surface area (Å²) in [4.78, 5) is 0. The van der Waals surface area contributed by atoms with Gasteiger partial charge in [0.25, 0.3) is 0 Å². The molecular formula is C5H10N5+. The molecule has 0 aromatic rings. The summed E-state index contributed by atoms with van der Waals surface area (Å²) in [7, 11) is 1.82. The Hall–Kier alpha value is -1.23. The lowest BCUT2D eigenvalue weighted by atomic mass is 10.5. The number of rotatable bonds is 2. The van der Waals surface area contributed by atoms with Crippen molar-refractivity contribution in [2.45, 2.75) is 0 Å². The normalized spacial score (nSPS) is 30.3. The highest BCUT2D eigenvalue weighted by molar-refractivity contribution is 5.70. The van der Waals surface area contributed by atoms with E-state index in [0.717, 1.165) is 0 Å². The topological polar surface area (TPSA) is 63.1 Å². The molecule has 10 heavy (non-hydrogen) atoms. The zero-order valence-electron chi connectivity index (χ0n) is 5.86. The summed E-state index contributed by atoms with van der Waals surface area (Å²) >= 11 is 0. The van der Waals surface area contributed by atoms with Gasteiger partial charge < -0.3 is 5.73 Å². The molecule has 0 radical (unpaired) electrons. The van der Waals surface area contributed by atoms with Gasteiger partial charge in [0.15, 0.2) is 0 Å². The summed E-state index contributed by atoms with van der Waals surface area (Å²) in [5, 5.41) is 10.8. The number of nitrogens with two attached hydrogens (primary N) is 1. The molecule has 0 aliphatic carbocycles. The van der Waals surface area contributed by atoms with Crippen LogP contribution in [0.15, 0.2) is 28.2 Å². The second-order valence-electron chi connectivity index (χ2n) is 2.25. The van der Waals surface area contributed by atoms with E-state index < -0.39 is 0 Å². The smallest absolute Gasteiger partial charge is 0.334 e. The summed E-state index contributed by atoms with van der Waals surface area (Å²) in [6.07, 6.45) is 1.73. The second-order valence-corrected chi connectivity index (χ2v) is 2.25. The van der Waals surface area contributed by atoms with Crippen LogP contribution >= 0.6 is 0 Å². The number of likely N-dealkylation sites (N-methyl/N-ethyl adjacent to an activating group) is 1. The Labute approximate surface area is 59.1 Å². The van der Waals surface area contributed by atoms with Gasteiger partial charge in [-0.05, 0) is 11.2 Å². The first kappa shape index (κ1) is 6.88. The van der Waals surface area contributed by atoms with Gasteiger partial charge in [0.05, 0.1) is 5.22 Å². The predicted molar refractivity (Wildman–Crippen MR) is 37.7 cm³/mol. The molecule has 0 amide bonds. The molecule has 1 aliphatic rings. The zero-order valence-corrected chi connectivity index (χ0v) is 5.86.